The van der Waals surface area contributed by atoms with E-state index in [0.717, 1.165) is 12.3 Å². The van der Waals surface area contributed by atoms with Gasteiger partial charge in [-0.25, -0.2) is 0 Å². The van der Waals surface area contributed by atoms with Crippen molar-refractivity contribution in [2.45, 2.75) is 57.9 Å². The first-order valence-electron chi connectivity index (χ1n) is 7.21. The Morgan fingerprint density at radius 3 is 2.89 bits per heavy atom. The minimum absolute atomic E-state index is 0.218. The number of benzene rings is 1. The predicted molar refractivity (Wildman–Crippen MR) is 77.5 cm³/mol. The van der Waals surface area contributed by atoms with Crippen LogP contribution < -0.4 is 10.1 Å². The summed E-state index contributed by atoms with van der Waals surface area (Å²) in [5, 5.41) is 3.60. The lowest BCUT2D eigenvalue weighted by molar-refractivity contribution is 0.0847. The molecular formula is C16H25NO2. The fraction of sp³-hybridized carbons (Fsp3) is 0.625. The van der Waals surface area contributed by atoms with Crippen molar-refractivity contribution in [2.75, 3.05) is 7.11 Å². The van der Waals surface area contributed by atoms with Crippen LogP contribution in [0.2, 0.25) is 0 Å². The van der Waals surface area contributed by atoms with Crippen molar-refractivity contribution >= 4 is 0 Å². The maximum absolute atomic E-state index is 5.72. The minimum atomic E-state index is 0.218. The molecule has 1 aromatic carbocycles. The molecule has 1 fully saturated rings. The lowest BCUT2D eigenvalue weighted by Crippen LogP contribution is -2.36. The van der Waals surface area contributed by atoms with Crippen molar-refractivity contribution in [1.82, 2.24) is 5.32 Å². The standard InChI is InChI=1S/C16H25NO2/c1-12(2)19-14-7-4-6-13(10-14)11-17-15-8-5-9-16(15)18-3/h4,6-7,10,12,15-17H,5,8-9,11H2,1-3H3. The van der Waals surface area contributed by atoms with Gasteiger partial charge in [-0.1, -0.05) is 12.1 Å². The van der Waals surface area contributed by atoms with Gasteiger partial charge < -0.3 is 14.8 Å². The van der Waals surface area contributed by atoms with Crippen molar-refractivity contribution in [2.24, 2.45) is 0 Å². The van der Waals surface area contributed by atoms with E-state index in [1.54, 1.807) is 0 Å². The number of methoxy groups -OCH3 is 1. The van der Waals surface area contributed by atoms with Gasteiger partial charge in [0.15, 0.2) is 0 Å². The molecule has 1 aromatic rings. The van der Waals surface area contributed by atoms with Crippen LogP contribution in [0.1, 0.15) is 38.7 Å². The Morgan fingerprint density at radius 1 is 1.32 bits per heavy atom. The summed E-state index contributed by atoms with van der Waals surface area (Å²) in [4.78, 5) is 0. The van der Waals surface area contributed by atoms with Crippen molar-refractivity contribution < 1.29 is 9.47 Å². The van der Waals surface area contributed by atoms with Crippen LogP contribution in [-0.4, -0.2) is 25.4 Å². The average Bonchev–Trinajstić information content (AvgIpc) is 2.83. The van der Waals surface area contributed by atoms with E-state index in [1.165, 1.54) is 24.8 Å². The first-order valence-corrected chi connectivity index (χ1v) is 7.21. The minimum Gasteiger partial charge on any atom is -0.491 e. The summed E-state index contributed by atoms with van der Waals surface area (Å²) in [6.45, 7) is 4.97. The third-order valence-corrected chi connectivity index (χ3v) is 3.59. The van der Waals surface area contributed by atoms with Gasteiger partial charge in [0.05, 0.1) is 12.2 Å². The van der Waals surface area contributed by atoms with Gasteiger partial charge in [-0.3, -0.25) is 0 Å². The zero-order valence-electron chi connectivity index (χ0n) is 12.2. The van der Waals surface area contributed by atoms with Crippen molar-refractivity contribution in [1.29, 1.82) is 0 Å². The zero-order valence-corrected chi connectivity index (χ0v) is 12.2. The van der Waals surface area contributed by atoms with Crippen LogP contribution in [0.3, 0.4) is 0 Å². The number of rotatable bonds is 6. The van der Waals surface area contributed by atoms with Crippen molar-refractivity contribution in [3.63, 3.8) is 0 Å². The van der Waals surface area contributed by atoms with Crippen LogP contribution in [-0.2, 0) is 11.3 Å². The molecule has 0 heterocycles. The van der Waals surface area contributed by atoms with Crippen LogP contribution in [0.4, 0.5) is 0 Å². The second-order valence-electron chi connectivity index (χ2n) is 5.51. The van der Waals surface area contributed by atoms with E-state index in [9.17, 15) is 0 Å². The molecule has 2 atom stereocenters. The molecule has 19 heavy (non-hydrogen) atoms. The number of ether oxygens (including phenoxy) is 2. The maximum Gasteiger partial charge on any atom is 0.120 e. The van der Waals surface area contributed by atoms with Crippen LogP contribution >= 0.6 is 0 Å². The van der Waals surface area contributed by atoms with Gasteiger partial charge in [0.2, 0.25) is 0 Å². The van der Waals surface area contributed by atoms with Gasteiger partial charge in [0.25, 0.3) is 0 Å². The monoisotopic (exact) mass is 263 g/mol. The van der Waals surface area contributed by atoms with Gasteiger partial charge in [0.1, 0.15) is 5.75 Å². The molecule has 1 aliphatic carbocycles. The fourth-order valence-corrected chi connectivity index (χ4v) is 2.69. The molecule has 1 N–H and O–H groups in total. The highest BCUT2D eigenvalue weighted by Crippen LogP contribution is 2.22. The van der Waals surface area contributed by atoms with E-state index in [-0.39, 0.29) is 6.10 Å². The average molecular weight is 263 g/mol. The van der Waals surface area contributed by atoms with Gasteiger partial charge in [-0.05, 0) is 50.8 Å². The normalized spacial score (nSPS) is 22.9. The summed E-state index contributed by atoms with van der Waals surface area (Å²) in [5.74, 6) is 0.948. The smallest absolute Gasteiger partial charge is 0.120 e. The van der Waals surface area contributed by atoms with Crippen LogP contribution in [0.25, 0.3) is 0 Å². The van der Waals surface area contributed by atoms with Crippen molar-refractivity contribution in [3.8, 4) is 5.75 Å². The summed E-state index contributed by atoms with van der Waals surface area (Å²) >= 11 is 0. The summed E-state index contributed by atoms with van der Waals surface area (Å²) in [6, 6.07) is 8.80. The molecule has 0 aliphatic heterocycles. The highest BCUT2D eigenvalue weighted by Gasteiger charge is 2.26. The molecule has 1 saturated carbocycles. The summed E-state index contributed by atoms with van der Waals surface area (Å²) < 4.78 is 11.2. The molecule has 3 nitrogen and oxygen atoms in total. The van der Waals surface area contributed by atoms with E-state index < -0.39 is 0 Å². The fourth-order valence-electron chi connectivity index (χ4n) is 2.69. The van der Waals surface area contributed by atoms with Gasteiger partial charge in [0, 0.05) is 19.7 Å². The quantitative estimate of drug-likeness (QED) is 0.855. The third-order valence-electron chi connectivity index (χ3n) is 3.59. The molecule has 0 aromatic heterocycles. The molecule has 106 valence electrons. The largest absolute Gasteiger partial charge is 0.491 e. The van der Waals surface area contributed by atoms with Crippen molar-refractivity contribution in [3.05, 3.63) is 29.8 Å². The van der Waals surface area contributed by atoms with Gasteiger partial charge in [-0.15, -0.1) is 0 Å². The Bertz CT molecular complexity index is 392. The molecule has 0 spiro atoms. The summed E-state index contributed by atoms with van der Waals surface area (Å²) in [6.07, 6.45) is 4.23. The van der Waals surface area contributed by atoms with E-state index in [0.29, 0.717) is 12.1 Å². The number of hydrogen-bond donors (Lipinski definition) is 1. The zero-order chi connectivity index (χ0) is 13.7. The first kappa shape index (κ1) is 14.4. The molecule has 0 radical (unpaired) electrons. The summed E-state index contributed by atoms with van der Waals surface area (Å²) in [5.41, 5.74) is 1.26. The highest BCUT2D eigenvalue weighted by atomic mass is 16.5. The molecule has 3 heteroatoms. The lowest BCUT2D eigenvalue weighted by atomic mass is 10.1. The Kier molecular flexibility index (Phi) is 5.23. The topological polar surface area (TPSA) is 30.5 Å². The van der Waals surface area contributed by atoms with Gasteiger partial charge >= 0.3 is 0 Å². The summed E-state index contributed by atoms with van der Waals surface area (Å²) in [7, 11) is 1.81. The second-order valence-corrected chi connectivity index (χ2v) is 5.51. The third kappa shape index (κ3) is 4.22. The molecule has 2 unspecified atom stereocenters. The first-order chi connectivity index (χ1) is 9.19. The molecule has 0 bridgehead atoms. The Hall–Kier alpha value is -1.06. The van der Waals surface area contributed by atoms with E-state index in [2.05, 4.69) is 23.5 Å². The van der Waals surface area contributed by atoms with E-state index in [4.69, 9.17) is 9.47 Å². The predicted octanol–water partition coefficient (Wildman–Crippen LogP) is 3.13. The van der Waals surface area contributed by atoms with E-state index in [1.807, 2.05) is 27.0 Å². The Balaban J connectivity index is 1.88. The van der Waals surface area contributed by atoms with Crippen LogP contribution in [0, 0.1) is 0 Å². The van der Waals surface area contributed by atoms with E-state index >= 15 is 0 Å². The number of nitrogens with one attached hydrogen (secondary N) is 1. The SMILES string of the molecule is COC1CCCC1NCc1cccc(OC(C)C)c1. The number of hydrogen-bond acceptors (Lipinski definition) is 3. The Morgan fingerprint density at radius 2 is 2.16 bits per heavy atom. The van der Waals surface area contributed by atoms with Crippen LogP contribution in [0.15, 0.2) is 24.3 Å². The highest BCUT2D eigenvalue weighted by molar-refractivity contribution is 5.28. The van der Waals surface area contributed by atoms with Gasteiger partial charge in [-0.2, -0.15) is 0 Å². The van der Waals surface area contributed by atoms with Crippen LogP contribution in [0.5, 0.6) is 5.75 Å². The molecule has 1 aliphatic rings. The maximum atomic E-state index is 5.72. The lowest BCUT2D eigenvalue weighted by Gasteiger charge is -2.20. The molecule has 2 rings (SSSR count). The Labute approximate surface area is 116 Å². The molecule has 0 saturated heterocycles. The molecule has 0 amide bonds. The molecular weight excluding hydrogens is 238 g/mol. The second kappa shape index (κ2) is 6.92.